The van der Waals surface area contributed by atoms with Crippen LogP contribution in [-0.2, 0) is 4.79 Å². The van der Waals surface area contributed by atoms with Gasteiger partial charge < -0.3 is 19.5 Å². The van der Waals surface area contributed by atoms with Crippen molar-refractivity contribution in [3.63, 3.8) is 0 Å². The molecule has 1 aliphatic rings. The van der Waals surface area contributed by atoms with Crippen LogP contribution in [0.4, 0.5) is 0 Å². The van der Waals surface area contributed by atoms with Gasteiger partial charge in [-0.05, 0) is 30.5 Å². The third-order valence-electron chi connectivity index (χ3n) is 4.49. The van der Waals surface area contributed by atoms with Gasteiger partial charge in [0.1, 0.15) is 18.5 Å². The second kappa shape index (κ2) is 7.58. The summed E-state index contributed by atoms with van der Waals surface area (Å²) in [6.45, 7) is 2.50. The Morgan fingerprint density at radius 2 is 1.81 bits per heavy atom. The van der Waals surface area contributed by atoms with Crippen LogP contribution in [0.5, 0.6) is 17.2 Å². The molecule has 2 atom stereocenters. The molecular weight excluding hydrogens is 342 g/mol. The fourth-order valence-corrected chi connectivity index (χ4v) is 3.06. The molecule has 5 heteroatoms. The molecule has 3 aromatic rings. The van der Waals surface area contributed by atoms with Gasteiger partial charge in [-0.25, -0.2) is 0 Å². The molecule has 0 saturated carbocycles. The van der Waals surface area contributed by atoms with Crippen molar-refractivity contribution in [2.24, 2.45) is 0 Å². The standard InChI is InChI=1S/C22H21NO4/c1-15(26-19-12-6-8-16-7-2-3-9-18(16)19)22(24)23-13-17-14-25-20-10-4-5-11-21(20)27-17/h2-12,15,17H,13-14H2,1H3,(H,23,24)/t15-,17+/m1/s1. The maximum absolute atomic E-state index is 12.4. The van der Waals surface area contributed by atoms with Crippen LogP contribution in [-0.4, -0.2) is 31.3 Å². The smallest absolute Gasteiger partial charge is 0.260 e. The summed E-state index contributed by atoms with van der Waals surface area (Å²) < 4.78 is 17.4. The molecule has 0 spiro atoms. The number of benzene rings is 3. The minimum Gasteiger partial charge on any atom is -0.486 e. The molecule has 0 radical (unpaired) electrons. The molecule has 3 aromatic carbocycles. The maximum atomic E-state index is 12.4. The number of rotatable bonds is 5. The molecule has 138 valence electrons. The number of carbonyl (C=O) groups excluding carboxylic acids is 1. The average molecular weight is 363 g/mol. The molecule has 0 aliphatic carbocycles. The Bertz CT molecular complexity index is 950. The van der Waals surface area contributed by atoms with E-state index in [1.54, 1.807) is 6.92 Å². The first-order valence-corrected chi connectivity index (χ1v) is 9.01. The minimum absolute atomic E-state index is 0.189. The van der Waals surface area contributed by atoms with Crippen LogP contribution in [0.25, 0.3) is 10.8 Å². The fraction of sp³-hybridized carbons (Fsp3) is 0.227. The van der Waals surface area contributed by atoms with Crippen molar-refractivity contribution in [2.75, 3.05) is 13.2 Å². The zero-order valence-electron chi connectivity index (χ0n) is 15.1. The van der Waals surface area contributed by atoms with Gasteiger partial charge in [0.05, 0.1) is 6.54 Å². The Morgan fingerprint density at radius 3 is 2.70 bits per heavy atom. The average Bonchev–Trinajstić information content (AvgIpc) is 2.72. The van der Waals surface area contributed by atoms with E-state index in [4.69, 9.17) is 14.2 Å². The highest BCUT2D eigenvalue weighted by molar-refractivity contribution is 5.89. The van der Waals surface area contributed by atoms with E-state index < -0.39 is 6.10 Å². The molecule has 0 unspecified atom stereocenters. The second-order valence-electron chi connectivity index (χ2n) is 6.48. The minimum atomic E-state index is -0.618. The molecule has 1 amide bonds. The molecule has 0 aromatic heterocycles. The van der Waals surface area contributed by atoms with Crippen LogP contribution < -0.4 is 19.5 Å². The van der Waals surface area contributed by atoms with E-state index in [0.717, 1.165) is 16.5 Å². The first-order chi connectivity index (χ1) is 13.2. The van der Waals surface area contributed by atoms with Crippen molar-refractivity contribution < 1.29 is 19.0 Å². The molecule has 1 N–H and O–H groups in total. The van der Waals surface area contributed by atoms with E-state index >= 15 is 0 Å². The summed E-state index contributed by atoms with van der Waals surface area (Å²) in [6, 6.07) is 21.3. The molecule has 1 aliphatic heterocycles. The zero-order chi connectivity index (χ0) is 18.6. The SMILES string of the molecule is C[C@@H](Oc1cccc2ccccc12)C(=O)NC[C@H]1COc2ccccc2O1. The van der Waals surface area contributed by atoms with E-state index in [1.807, 2.05) is 66.7 Å². The van der Waals surface area contributed by atoms with E-state index in [2.05, 4.69) is 5.32 Å². The van der Waals surface area contributed by atoms with Crippen LogP contribution >= 0.6 is 0 Å². The zero-order valence-corrected chi connectivity index (χ0v) is 15.1. The van der Waals surface area contributed by atoms with Crippen LogP contribution in [0.1, 0.15) is 6.92 Å². The molecule has 1 heterocycles. The van der Waals surface area contributed by atoms with Gasteiger partial charge in [0, 0.05) is 5.39 Å². The molecule has 27 heavy (non-hydrogen) atoms. The van der Waals surface area contributed by atoms with Crippen molar-refractivity contribution in [3.05, 3.63) is 66.7 Å². The van der Waals surface area contributed by atoms with Gasteiger partial charge >= 0.3 is 0 Å². The quantitative estimate of drug-likeness (QED) is 0.753. The highest BCUT2D eigenvalue weighted by Crippen LogP contribution is 2.30. The van der Waals surface area contributed by atoms with Crippen LogP contribution in [0.2, 0.25) is 0 Å². The summed E-state index contributed by atoms with van der Waals surface area (Å²) in [7, 11) is 0. The number of hydrogen-bond donors (Lipinski definition) is 1. The molecule has 0 saturated heterocycles. The van der Waals surface area contributed by atoms with Gasteiger partial charge in [0.15, 0.2) is 17.6 Å². The van der Waals surface area contributed by atoms with Gasteiger partial charge in [-0.15, -0.1) is 0 Å². The third kappa shape index (κ3) is 3.82. The number of para-hydroxylation sites is 2. The Morgan fingerprint density at radius 1 is 1.07 bits per heavy atom. The van der Waals surface area contributed by atoms with Crippen molar-refractivity contribution in [1.29, 1.82) is 0 Å². The Kier molecular flexibility index (Phi) is 4.83. The first-order valence-electron chi connectivity index (χ1n) is 9.01. The predicted octanol–water partition coefficient (Wildman–Crippen LogP) is 3.56. The molecule has 0 bridgehead atoms. The summed E-state index contributed by atoms with van der Waals surface area (Å²) in [6.07, 6.45) is -0.846. The number of fused-ring (bicyclic) bond motifs is 2. The lowest BCUT2D eigenvalue weighted by Gasteiger charge is -2.27. The first kappa shape index (κ1) is 17.2. The van der Waals surface area contributed by atoms with Crippen molar-refractivity contribution in [3.8, 4) is 17.2 Å². The summed E-state index contributed by atoms with van der Waals surface area (Å²) in [4.78, 5) is 12.4. The van der Waals surface area contributed by atoms with Crippen molar-refractivity contribution >= 4 is 16.7 Å². The van der Waals surface area contributed by atoms with E-state index in [9.17, 15) is 4.79 Å². The Hall–Kier alpha value is -3.21. The highest BCUT2D eigenvalue weighted by atomic mass is 16.6. The van der Waals surface area contributed by atoms with Gasteiger partial charge in [-0.3, -0.25) is 4.79 Å². The van der Waals surface area contributed by atoms with Crippen LogP contribution in [0.3, 0.4) is 0 Å². The predicted molar refractivity (Wildman–Crippen MR) is 103 cm³/mol. The lowest BCUT2D eigenvalue weighted by atomic mass is 10.1. The highest BCUT2D eigenvalue weighted by Gasteiger charge is 2.23. The lowest BCUT2D eigenvalue weighted by molar-refractivity contribution is -0.127. The summed E-state index contributed by atoms with van der Waals surface area (Å²) in [5.74, 6) is 1.93. The molecule has 0 fully saturated rings. The molecule has 5 nitrogen and oxygen atoms in total. The number of ether oxygens (including phenoxy) is 3. The normalized spacial score (nSPS) is 16.6. The van der Waals surface area contributed by atoms with Crippen molar-refractivity contribution in [2.45, 2.75) is 19.1 Å². The van der Waals surface area contributed by atoms with Crippen molar-refractivity contribution in [1.82, 2.24) is 5.32 Å². The number of nitrogens with one attached hydrogen (secondary N) is 1. The lowest BCUT2D eigenvalue weighted by Crippen LogP contribution is -2.44. The summed E-state index contributed by atoms with van der Waals surface area (Å²) in [5.41, 5.74) is 0. The summed E-state index contributed by atoms with van der Waals surface area (Å²) in [5, 5.41) is 4.95. The number of amides is 1. The molecular formula is C22H21NO4. The largest absolute Gasteiger partial charge is 0.486 e. The van der Waals surface area contributed by atoms with E-state index in [-0.39, 0.29) is 12.0 Å². The van der Waals surface area contributed by atoms with Crippen LogP contribution in [0.15, 0.2) is 66.7 Å². The van der Waals surface area contributed by atoms with Gasteiger partial charge in [0.25, 0.3) is 5.91 Å². The second-order valence-corrected chi connectivity index (χ2v) is 6.48. The topological polar surface area (TPSA) is 56.8 Å². The maximum Gasteiger partial charge on any atom is 0.260 e. The van der Waals surface area contributed by atoms with Gasteiger partial charge in [-0.1, -0.05) is 48.5 Å². The third-order valence-corrected chi connectivity index (χ3v) is 4.49. The van der Waals surface area contributed by atoms with E-state index in [0.29, 0.717) is 24.7 Å². The summed E-state index contributed by atoms with van der Waals surface area (Å²) >= 11 is 0. The number of carbonyl (C=O) groups is 1. The van der Waals surface area contributed by atoms with Crippen LogP contribution in [0, 0.1) is 0 Å². The monoisotopic (exact) mass is 363 g/mol. The fourth-order valence-electron chi connectivity index (χ4n) is 3.06. The number of hydrogen-bond acceptors (Lipinski definition) is 4. The van der Waals surface area contributed by atoms with Gasteiger partial charge in [-0.2, -0.15) is 0 Å². The van der Waals surface area contributed by atoms with Gasteiger partial charge in [0.2, 0.25) is 0 Å². The van der Waals surface area contributed by atoms with E-state index in [1.165, 1.54) is 0 Å². The molecule has 4 rings (SSSR count). The Balaban J connectivity index is 1.35. The Labute approximate surface area is 157 Å².